The first kappa shape index (κ1) is 15.8. The Morgan fingerprint density at radius 3 is 2.48 bits per heavy atom. The minimum absolute atomic E-state index is 0.299. The largest absolute Gasteiger partial charge is 0.508 e. The molecule has 0 amide bonds. The van der Waals surface area contributed by atoms with Crippen LogP contribution in [-0.4, -0.2) is 40.2 Å². The molecule has 1 fully saturated rings. The minimum Gasteiger partial charge on any atom is -0.508 e. The first-order valence-electron chi connectivity index (χ1n) is 7.78. The highest BCUT2D eigenvalue weighted by Crippen LogP contribution is 2.24. The van der Waals surface area contributed by atoms with Gasteiger partial charge in [-0.15, -0.1) is 0 Å². The third-order valence-corrected chi connectivity index (χ3v) is 4.51. The molecule has 2 rings (SSSR count). The average molecular weight is 291 g/mol. The van der Waals surface area contributed by atoms with Crippen molar-refractivity contribution in [3.8, 4) is 5.75 Å². The van der Waals surface area contributed by atoms with E-state index < -0.39 is 5.97 Å². The van der Waals surface area contributed by atoms with Gasteiger partial charge < -0.3 is 15.1 Å². The molecule has 21 heavy (non-hydrogen) atoms. The predicted molar refractivity (Wildman–Crippen MR) is 82.4 cm³/mol. The van der Waals surface area contributed by atoms with Gasteiger partial charge in [0.15, 0.2) is 0 Å². The molecule has 2 N–H and O–H groups in total. The molecule has 1 aromatic carbocycles. The van der Waals surface area contributed by atoms with Crippen LogP contribution in [0.15, 0.2) is 24.3 Å². The summed E-state index contributed by atoms with van der Waals surface area (Å²) < 4.78 is 0. The molecular formula is C17H25NO3. The van der Waals surface area contributed by atoms with Gasteiger partial charge in [-0.05, 0) is 69.3 Å². The lowest BCUT2D eigenvalue weighted by Crippen LogP contribution is -2.41. The van der Waals surface area contributed by atoms with Crippen molar-refractivity contribution in [1.82, 2.24) is 4.90 Å². The van der Waals surface area contributed by atoms with E-state index >= 15 is 0 Å². The standard InChI is InChI=1S/C17H25NO3/c1-13(12-15-2-5-16(19)6-3-15)18-10-8-14(9-11-18)4-7-17(20)21/h2-3,5-6,13-14,19H,4,7-12H2,1H3,(H,20,21). The summed E-state index contributed by atoms with van der Waals surface area (Å²) in [5, 5.41) is 18.0. The van der Waals surface area contributed by atoms with Gasteiger partial charge in [0.1, 0.15) is 5.75 Å². The summed E-state index contributed by atoms with van der Waals surface area (Å²) in [5.74, 6) is 0.196. The number of carboxylic acid groups (broad SMARTS) is 1. The number of likely N-dealkylation sites (tertiary alicyclic amines) is 1. The van der Waals surface area contributed by atoms with E-state index in [9.17, 15) is 9.90 Å². The Hall–Kier alpha value is -1.55. The molecule has 0 bridgehead atoms. The number of benzene rings is 1. The lowest BCUT2D eigenvalue weighted by atomic mass is 9.91. The molecule has 0 aliphatic carbocycles. The van der Waals surface area contributed by atoms with Crippen molar-refractivity contribution in [2.24, 2.45) is 5.92 Å². The van der Waals surface area contributed by atoms with Crippen LogP contribution in [0.2, 0.25) is 0 Å². The second kappa shape index (κ2) is 7.46. The average Bonchev–Trinajstić information content (AvgIpc) is 2.48. The second-order valence-electron chi connectivity index (χ2n) is 6.13. The summed E-state index contributed by atoms with van der Waals surface area (Å²) in [5.41, 5.74) is 1.24. The number of aliphatic carboxylic acids is 1. The van der Waals surface area contributed by atoms with E-state index in [-0.39, 0.29) is 0 Å². The molecule has 0 spiro atoms. The van der Waals surface area contributed by atoms with Crippen molar-refractivity contribution >= 4 is 5.97 Å². The molecule has 4 heteroatoms. The zero-order valence-electron chi connectivity index (χ0n) is 12.7. The maximum Gasteiger partial charge on any atom is 0.303 e. The predicted octanol–water partition coefficient (Wildman–Crippen LogP) is 2.90. The smallest absolute Gasteiger partial charge is 0.303 e. The summed E-state index contributed by atoms with van der Waals surface area (Å²) in [6.07, 6.45) is 4.31. The van der Waals surface area contributed by atoms with Crippen LogP contribution in [0, 0.1) is 5.92 Å². The number of phenolic OH excluding ortho intramolecular Hbond substituents is 1. The van der Waals surface area contributed by atoms with Gasteiger partial charge in [-0.1, -0.05) is 12.1 Å². The molecule has 0 radical (unpaired) electrons. The quantitative estimate of drug-likeness (QED) is 0.846. The number of rotatable bonds is 6. The molecule has 1 atom stereocenters. The van der Waals surface area contributed by atoms with Crippen LogP contribution < -0.4 is 0 Å². The lowest BCUT2D eigenvalue weighted by molar-refractivity contribution is -0.137. The van der Waals surface area contributed by atoms with Crippen LogP contribution in [0.5, 0.6) is 5.75 Å². The third-order valence-electron chi connectivity index (χ3n) is 4.51. The fourth-order valence-corrected chi connectivity index (χ4v) is 3.11. The van der Waals surface area contributed by atoms with Crippen LogP contribution in [0.1, 0.15) is 38.2 Å². The van der Waals surface area contributed by atoms with E-state index in [1.807, 2.05) is 12.1 Å². The Labute approximate surface area is 126 Å². The van der Waals surface area contributed by atoms with E-state index in [4.69, 9.17) is 5.11 Å². The maximum atomic E-state index is 10.6. The van der Waals surface area contributed by atoms with E-state index in [1.54, 1.807) is 12.1 Å². The summed E-state index contributed by atoms with van der Waals surface area (Å²) in [6, 6.07) is 7.91. The van der Waals surface area contributed by atoms with E-state index in [1.165, 1.54) is 5.56 Å². The van der Waals surface area contributed by atoms with Crippen molar-refractivity contribution in [2.45, 2.75) is 45.1 Å². The normalized spacial score (nSPS) is 18.5. The number of phenols is 1. The van der Waals surface area contributed by atoms with Crippen molar-refractivity contribution in [3.05, 3.63) is 29.8 Å². The van der Waals surface area contributed by atoms with Crippen LogP contribution in [-0.2, 0) is 11.2 Å². The van der Waals surface area contributed by atoms with Crippen molar-refractivity contribution in [1.29, 1.82) is 0 Å². The summed E-state index contributed by atoms with van der Waals surface area (Å²) >= 11 is 0. The highest BCUT2D eigenvalue weighted by atomic mass is 16.4. The molecule has 116 valence electrons. The highest BCUT2D eigenvalue weighted by Gasteiger charge is 2.23. The minimum atomic E-state index is -0.682. The van der Waals surface area contributed by atoms with Gasteiger partial charge in [0, 0.05) is 12.5 Å². The van der Waals surface area contributed by atoms with E-state index in [0.29, 0.717) is 24.1 Å². The van der Waals surface area contributed by atoms with Gasteiger partial charge >= 0.3 is 5.97 Å². The Balaban J connectivity index is 1.76. The van der Waals surface area contributed by atoms with Gasteiger partial charge in [0.05, 0.1) is 0 Å². The number of carboxylic acids is 1. The SMILES string of the molecule is CC(Cc1ccc(O)cc1)N1CCC(CCC(=O)O)CC1. The molecule has 1 aliphatic heterocycles. The number of hydrogen-bond acceptors (Lipinski definition) is 3. The van der Waals surface area contributed by atoms with Gasteiger partial charge in [-0.2, -0.15) is 0 Å². The highest BCUT2D eigenvalue weighted by molar-refractivity contribution is 5.66. The third kappa shape index (κ3) is 5.05. The Morgan fingerprint density at radius 1 is 1.29 bits per heavy atom. The fourth-order valence-electron chi connectivity index (χ4n) is 3.11. The molecule has 1 unspecified atom stereocenters. The number of hydrogen-bond donors (Lipinski definition) is 2. The van der Waals surface area contributed by atoms with Crippen molar-refractivity contribution in [2.75, 3.05) is 13.1 Å². The Kier molecular flexibility index (Phi) is 5.62. The number of aromatic hydroxyl groups is 1. The summed E-state index contributed by atoms with van der Waals surface area (Å²) in [4.78, 5) is 13.1. The van der Waals surface area contributed by atoms with Gasteiger partial charge in [-0.3, -0.25) is 4.79 Å². The van der Waals surface area contributed by atoms with Crippen LogP contribution in [0.3, 0.4) is 0 Å². The van der Waals surface area contributed by atoms with Crippen molar-refractivity contribution in [3.63, 3.8) is 0 Å². The maximum absolute atomic E-state index is 10.6. The topological polar surface area (TPSA) is 60.8 Å². The molecule has 4 nitrogen and oxygen atoms in total. The fraction of sp³-hybridized carbons (Fsp3) is 0.588. The van der Waals surface area contributed by atoms with Crippen LogP contribution >= 0.6 is 0 Å². The van der Waals surface area contributed by atoms with Crippen LogP contribution in [0.4, 0.5) is 0 Å². The summed E-state index contributed by atoms with van der Waals surface area (Å²) in [6.45, 7) is 4.36. The number of piperidine rings is 1. The van der Waals surface area contributed by atoms with E-state index in [2.05, 4.69) is 11.8 Å². The first-order valence-corrected chi connectivity index (χ1v) is 7.78. The zero-order valence-corrected chi connectivity index (χ0v) is 12.7. The zero-order chi connectivity index (χ0) is 15.2. The van der Waals surface area contributed by atoms with Crippen molar-refractivity contribution < 1.29 is 15.0 Å². The molecule has 1 heterocycles. The molecule has 0 aromatic heterocycles. The molecular weight excluding hydrogens is 266 g/mol. The molecule has 0 saturated carbocycles. The number of carbonyl (C=O) groups is 1. The van der Waals surface area contributed by atoms with Gasteiger partial charge in [-0.25, -0.2) is 0 Å². The monoisotopic (exact) mass is 291 g/mol. The lowest BCUT2D eigenvalue weighted by Gasteiger charge is -2.36. The van der Waals surface area contributed by atoms with Crippen LogP contribution in [0.25, 0.3) is 0 Å². The molecule has 1 saturated heterocycles. The van der Waals surface area contributed by atoms with Gasteiger partial charge in [0.25, 0.3) is 0 Å². The number of nitrogens with zero attached hydrogens (tertiary/aromatic N) is 1. The second-order valence-corrected chi connectivity index (χ2v) is 6.13. The Bertz CT molecular complexity index is 450. The summed E-state index contributed by atoms with van der Waals surface area (Å²) in [7, 11) is 0. The van der Waals surface area contributed by atoms with E-state index in [0.717, 1.165) is 38.8 Å². The molecule has 1 aromatic rings. The molecule has 1 aliphatic rings. The van der Waals surface area contributed by atoms with Gasteiger partial charge in [0.2, 0.25) is 0 Å². The Morgan fingerprint density at radius 2 is 1.90 bits per heavy atom. The first-order chi connectivity index (χ1) is 10.0.